The van der Waals surface area contributed by atoms with E-state index in [2.05, 4.69) is 57.7 Å². The van der Waals surface area contributed by atoms with E-state index in [9.17, 15) is 4.79 Å². The zero-order valence-electron chi connectivity index (χ0n) is 15.5. The van der Waals surface area contributed by atoms with Crippen LogP contribution in [0.5, 0.6) is 0 Å². The van der Waals surface area contributed by atoms with Gasteiger partial charge in [-0.1, -0.05) is 48.5 Å². The van der Waals surface area contributed by atoms with Crippen molar-refractivity contribution in [3.8, 4) is 0 Å². The van der Waals surface area contributed by atoms with Crippen LogP contribution in [0.3, 0.4) is 0 Å². The second-order valence-corrected chi connectivity index (χ2v) is 7.19. The number of hydrogen-bond donors (Lipinski definition) is 1. The van der Waals surface area contributed by atoms with Crippen LogP contribution >= 0.6 is 0 Å². The third-order valence-electron chi connectivity index (χ3n) is 5.14. The predicted octanol–water partition coefficient (Wildman–Crippen LogP) is 3.91. The molecule has 1 aliphatic carbocycles. The smallest absolute Gasteiger partial charge is 0.221 e. The molecule has 1 aromatic heterocycles. The molecule has 138 valence electrons. The monoisotopic (exact) mass is 359 g/mol. The molecule has 0 radical (unpaired) electrons. The Morgan fingerprint density at radius 2 is 1.85 bits per heavy atom. The van der Waals surface area contributed by atoms with Crippen LogP contribution in [0.25, 0.3) is 10.8 Å². The Balaban J connectivity index is 1.35. The third-order valence-corrected chi connectivity index (χ3v) is 5.14. The van der Waals surface area contributed by atoms with Gasteiger partial charge >= 0.3 is 0 Å². The molecule has 4 rings (SSSR count). The molecule has 0 bridgehead atoms. The fourth-order valence-electron chi connectivity index (χ4n) is 3.50. The van der Waals surface area contributed by atoms with Crippen LogP contribution in [-0.2, 0) is 17.9 Å². The number of carbonyl (C=O) groups excluding carboxylic acids is 1. The maximum absolute atomic E-state index is 12.3. The van der Waals surface area contributed by atoms with Gasteiger partial charge in [-0.2, -0.15) is 0 Å². The quantitative estimate of drug-likeness (QED) is 0.663. The zero-order valence-corrected chi connectivity index (χ0v) is 15.5. The predicted molar refractivity (Wildman–Crippen MR) is 108 cm³/mol. The van der Waals surface area contributed by atoms with E-state index in [1.807, 2.05) is 18.2 Å². The highest BCUT2D eigenvalue weighted by molar-refractivity contribution is 5.85. The lowest BCUT2D eigenvalue weighted by molar-refractivity contribution is -0.121. The number of aromatic nitrogens is 1. The van der Waals surface area contributed by atoms with Crippen LogP contribution in [0, 0.1) is 0 Å². The Labute approximate surface area is 160 Å². The number of hydrogen-bond acceptors (Lipinski definition) is 3. The summed E-state index contributed by atoms with van der Waals surface area (Å²) in [6.45, 7) is 2.19. The van der Waals surface area contributed by atoms with Crippen molar-refractivity contribution in [1.29, 1.82) is 0 Å². The first-order valence-corrected chi connectivity index (χ1v) is 9.67. The van der Waals surface area contributed by atoms with Crippen LogP contribution in [0.4, 0.5) is 0 Å². The molecule has 3 aromatic rings. The Bertz CT molecular complexity index is 900. The van der Waals surface area contributed by atoms with Crippen LogP contribution in [0.2, 0.25) is 0 Å². The van der Waals surface area contributed by atoms with Gasteiger partial charge in [-0.15, -0.1) is 0 Å². The second-order valence-electron chi connectivity index (χ2n) is 7.19. The minimum atomic E-state index is 0.0872. The average Bonchev–Trinajstić information content (AvgIpc) is 3.56. The van der Waals surface area contributed by atoms with Gasteiger partial charge in [0.2, 0.25) is 5.91 Å². The summed E-state index contributed by atoms with van der Waals surface area (Å²) in [7, 11) is 0. The molecule has 2 aromatic carbocycles. The molecule has 1 saturated carbocycles. The van der Waals surface area contributed by atoms with Gasteiger partial charge in [0, 0.05) is 31.7 Å². The Kier molecular flexibility index (Phi) is 5.45. The summed E-state index contributed by atoms with van der Waals surface area (Å²) in [6.07, 6.45) is 4.75. The van der Waals surface area contributed by atoms with Crippen LogP contribution < -0.4 is 5.32 Å². The Hall–Kier alpha value is -2.72. The number of benzene rings is 2. The van der Waals surface area contributed by atoms with Crippen LogP contribution in [0.1, 0.15) is 30.5 Å². The fourth-order valence-corrected chi connectivity index (χ4v) is 3.50. The molecule has 1 N–H and O–H groups in total. The number of nitrogens with one attached hydrogen (secondary N) is 1. The average molecular weight is 359 g/mol. The molecule has 4 nitrogen and oxygen atoms in total. The highest BCUT2D eigenvalue weighted by Crippen LogP contribution is 2.30. The van der Waals surface area contributed by atoms with Crippen molar-refractivity contribution in [2.45, 2.75) is 38.4 Å². The van der Waals surface area contributed by atoms with E-state index in [-0.39, 0.29) is 5.91 Å². The van der Waals surface area contributed by atoms with Gasteiger partial charge in [0.05, 0.1) is 12.2 Å². The van der Waals surface area contributed by atoms with E-state index < -0.39 is 0 Å². The van der Waals surface area contributed by atoms with E-state index in [0.717, 1.165) is 18.8 Å². The van der Waals surface area contributed by atoms with Gasteiger partial charge < -0.3 is 5.32 Å². The van der Waals surface area contributed by atoms with Gasteiger partial charge in [0.1, 0.15) is 0 Å². The number of rotatable bonds is 8. The maximum atomic E-state index is 12.3. The summed E-state index contributed by atoms with van der Waals surface area (Å²) in [5.74, 6) is 0.0872. The second kappa shape index (κ2) is 8.31. The first-order chi connectivity index (χ1) is 13.3. The minimum Gasteiger partial charge on any atom is -0.350 e. The minimum absolute atomic E-state index is 0.0872. The number of nitrogens with zero attached hydrogens (tertiary/aromatic N) is 2. The lowest BCUT2D eigenvalue weighted by atomic mass is 10.0. The van der Waals surface area contributed by atoms with E-state index in [1.54, 1.807) is 6.20 Å². The molecule has 1 aliphatic rings. The van der Waals surface area contributed by atoms with Gasteiger partial charge in [-0.3, -0.25) is 14.7 Å². The molecule has 0 saturated heterocycles. The first-order valence-electron chi connectivity index (χ1n) is 9.67. The molecular weight excluding hydrogens is 334 g/mol. The van der Waals surface area contributed by atoms with Crippen molar-refractivity contribution in [1.82, 2.24) is 15.2 Å². The van der Waals surface area contributed by atoms with E-state index in [0.29, 0.717) is 19.0 Å². The molecule has 1 heterocycles. The van der Waals surface area contributed by atoms with Gasteiger partial charge in [0.25, 0.3) is 0 Å². The van der Waals surface area contributed by atoms with Crippen LogP contribution in [0.15, 0.2) is 66.9 Å². The van der Waals surface area contributed by atoms with Gasteiger partial charge in [-0.25, -0.2) is 0 Å². The topological polar surface area (TPSA) is 45.2 Å². The summed E-state index contributed by atoms with van der Waals surface area (Å²) >= 11 is 0. The number of carbonyl (C=O) groups is 1. The fraction of sp³-hybridized carbons (Fsp3) is 0.304. The molecule has 27 heavy (non-hydrogen) atoms. The normalized spacial score (nSPS) is 13.8. The van der Waals surface area contributed by atoms with Crippen molar-refractivity contribution in [2.75, 3.05) is 6.54 Å². The zero-order chi connectivity index (χ0) is 18.5. The SMILES string of the molecule is O=C(CCN(Cc1cccc2ccccc12)C1CC1)NCc1ccccn1. The third kappa shape index (κ3) is 4.72. The number of fused-ring (bicyclic) bond motifs is 1. The Morgan fingerprint density at radius 1 is 1.04 bits per heavy atom. The van der Waals surface area contributed by atoms with Gasteiger partial charge in [-0.05, 0) is 41.3 Å². The molecule has 0 aliphatic heterocycles. The first kappa shape index (κ1) is 17.7. The van der Waals surface area contributed by atoms with Crippen molar-refractivity contribution in [3.63, 3.8) is 0 Å². The summed E-state index contributed by atoms with van der Waals surface area (Å²) in [5, 5.41) is 5.57. The van der Waals surface area contributed by atoms with Gasteiger partial charge in [0.15, 0.2) is 0 Å². The van der Waals surface area contributed by atoms with Crippen molar-refractivity contribution in [3.05, 3.63) is 78.1 Å². The van der Waals surface area contributed by atoms with Crippen molar-refractivity contribution < 1.29 is 4.79 Å². The Morgan fingerprint density at radius 3 is 2.67 bits per heavy atom. The molecular formula is C23H25N3O. The molecule has 4 heteroatoms. The summed E-state index contributed by atoms with van der Waals surface area (Å²) in [6, 6.07) is 21.4. The number of pyridine rings is 1. The largest absolute Gasteiger partial charge is 0.350 e. The molecule has 0 unspecified atom stereocenters. The van der Waals surface area contributed by atoms with E-state index in [1.165, 1.54) is 29.2 Å². The molecule has 1 fully saturated rings. The highest BCUT2D eigenvalue weighted by atomic mass is 16.1. The van der Waals surface area contributed by atoms with E-state index >= 15 is 0 Å². The molecule has 0 spiro atoms. The molecule has 1 amide bonds. The van der Waals surface area contributed by atoms with Crippen molar-refractivity contribution in [2.24, 2.45) is 0 Å². The van der Waals surface area contributed by atoms with E-state index in [4.69, 9.17) is 0 Å². The lowest BCUT2D eigenvalue weighted by Gasteiger charge is -2.22. The summed E-state index contributed by atoms with van der Waals surface area (Å²) in [4.78, 5) is 19.0. The highest BCUT2D eigenvalue weighted by Gasteiger charge is 2.29. The number of amides is 1. The maximum Gasteiger partial charge on any atom is 0.221 e. The summed E-state index contributed by atoms with van der Waals surface area (Å²) < 4.78 is 0. The lowest BCUT2D eigenvalue weighted by Crippen LogP contribution is -2.32. The van der Waals surface area contributed by atoms with Crippen molar-refractivity contribution >= 4 is 16.7 Å². The summed E-state index contributed by atoms with van der Waals surface area (Å²) in [5.41, 5.74) is 2.23. The standard InChI is InChI=1S/C23H25N3O/c27-23(25-16-20-9-3-4-14-24-20)13-15-26(21-11-12-21)17-19-8-5-7-18-6-1-2-10-22(18)19/h1-10,14,21H,11-13,15-17H2,(H,25,27). The van der Waals surface area contributed by atoms with Crippen LogP contribution in [-0.4, -0.2) is 28.4 Å². The molecule has 0 atom stereocenters.